The summed E-state index contributed by atoms with van der Waals surface area (Å²) in [5.74, 6) is 0.607. The number of thiazole rings is 1. The molecule has 2 heterocycles. The minimum Gasteiger partial charge on any atom is -0.489 e. The lowest BCUT2D eigenvalue weighted by Gasteiger charge is -2.07. The van der Waals surface area contributed by atoms with Crippen molar-refractivity contribution in [3.8, 4) is 17.0 Å². The molecule has 0 atom stereocenters. The molecule has 150 valence electrons. The van der Waals surface area contributed by atoms with Crippen molar-refractivity contribution in [1.82, 2.24) is 9.88 Å². The quantitative estimate of drug-likeness (QED) is 0.375. The van der Waals surface area contributed by atoms with E-state index in [1.807, 2.05) is 66.1 Å². The Morgan fingerprint density at radius 1 is 1.17 bits per heavy atom. The third-order valence-corrected chi connectivity index (χ3v) is 6.11. The summed E-state index contributed by atoms with van der Waals surface area (Å²) in [5.41, 5.74) is 2.76. The highest BCUT2D eigenvalue weighted by molar-refractivity contribution is 8.18. The van der Waals surface area contributed by atoms with Crippen molar-refractivity contribution < 1.29 is 9.53 Å². The first-order valence-electron chi connectivity index (χ1n) is 9.25. The Morgan fingerprint density at radius 3 is 2.73 bits per heavy atom. The van der Waals surface area contributed by atoms with Gasteiger partial charge in [-0.3, -0.25) is 9.69 Å². The van der Waals surface area contributed by atoms with Gasteiger partial charge >= 0.3 is 0 Å². The number of amides is 1. The summed E-state index contributed by atoms with van der Waals surface area (Å²) in [7, 11) is 1.72. The Balaban J connectivity index is 1.58. The largest absolute Gasteiger partial charge is 0.489 e. The summed E-state index contributed by atoms with van der Waals surface area (Å²) >= 11 is 2.79. The van der Waals surface area contributed by atoms with E-state index in [0.717, 1.165) is 16.8 Å². The van der Waals surface area contributed by atoms with Gasteiger partial charge in [0.05, 0.1) is 10.6 Å². The first-order chi connectivity index (χ1) is 14.7. The molecule has 0 unspecified atom stereocenters. The van der Waals surface area contributed by atoms with Gasteiger partial charge < -0.3 is 4.74 Å². The van der Waals surface area contributed by atoms with Crippen LogP contribution in [0.15, 0.2) is 82.5 Å². The van der Waals surface area contributed by atoms with Crippen LogP contribution in [0.2, 0.25) is 0 Å². The molecule has 1 aromatic heterocycles. The van der Waals surface area contributed by atoms with Gasteiger partial charge in [0.2, 0.25) is 5.13 Å². The highest BCUT2D eigenvalue weighted by Crippen LogP contribution is 2.36. The summed E-state index contributed by atoms with van der Waals surface area (Å²) in [4.78, 5) is 24.1. The number of nitrogens with zero attached hydrogens (tertiary/aromatic N) is 3. The minimum absolute atomic E-state index is 0.0999. The molecule has 1 aliphatic rings. The fraction of sp³-hybridized carbons (Fsp3) is 0.0870. The monoisotopic (exact) mass is 433 g/mol. The summed E-state index contributed by atoms with van der Waals surface area (Å²) in [6.07, 6.45) is 3.53. The second-order valence-electron chi connectivity index (χ2n) is 6.39. The van der Waals surface area contributed by atoms with Crippen LogP contribution in [0.25, 0.3) is 17.3 Å². The van der Waals surface area contributed by atoms with Crippen molar-refractivity contribution in [3.05, 3.63) is 83.1 Å². The smallest absolute Gasteiger partial charge is 0.266 e. The first kappa shape index (κ1) is 20.1. The fourth-order valence-electron chi connectivity index (χ4n) is 2.81. The van der Waals surface area contributed by atoms with E-state index in [2.05, 4.69) is 16.6 Å². The predicted octanol–water partition coefficient (Wildman–Crippen LogP) is 5.61. The van der Waals surface area contributed by atoms with Crippen molar-refractivity contribution in [2.45, 2.75) is 0 Å². The standard InChI is InChI=1S/C23H19N3O2S2/c1-3-13-28-19-12-8-7-11-17(19)14-20-21(27)26(2)23(30-20)25-22-24-18(15-29-22)16-9-5-4-6-10-16/h3-12,14-15H,1,13H2,2H3/b20-14-,25-23+. The number of hydrogen-bond acceptors (Lipinski definition) is 6. The van der Waals surface area contributed by atoms with Crippen molar-refractivity contribution in [2.75, 3.05) is 13.7 Å². The maximum atomic E-state index is 12.7. The topological polar surface area (TPSA) is 54.8 Å². The lowest BCUT2D eigenvalue weighted by molar-refractivity contribution is -0.121. The zero-order chi connectivity index (χ0) is 20.9. The normalized spacial score (nSPS) is 16.4. The van der Waals surface area contributed by atoms with Crippen LogP contribution in [0.4, 0.5) is 5.13 Å². The number of carbonyl (C=O) groups is 1. The predicted molar refractivity (Wildman–Crippen MR) is 125 cm³/mol. The minimum atomic E-state index is -0.0999. The second kappa shape index (κ2) is 9.11. The number of hydrogen-bond donors (Lipinski definition) is 0. The molecular formula is C23H19N3O2S2. The van der Waals surface area contributed by atoms with Crippen LogP contribution in [0.1, 0.15) is 5.56 Å². The summed E-state index contributed by atoms with van der Waals surface area (Å²) in [6, 6.07) is 17.6. The Hall–Kier alpha value is -3.16. The van der Waals surface area contributed by atoms with Crippen molar-refractivity contribution in [3.63, 3.8) is 0 Å². The molecule has 0 aliphatic carbocycles. The number of likely N-dealkylation sites (N-methyl/N-ethyl adjacent to an activating group) is 1. The number of thioether (sulfide) groups is 1. The van der Waals surface area contributed by atoms with Gasteiger partial charge in [-0.1, -0.05) is 61.2 Å². The molecule has 0 saturated carbocycles. The summed E-state index contributed by atoms with van der Waals surface area (Å²) < 4.78 is 5.69. The third kappa shape index (κ3) is 4.37. The Bertz CT molecular complexity index is 1140. The molecule has 0 bridgehead atoms. The van der Waals surface area contributed by atoms with Crippen LogP contribution >= 0.6 is 23.1 Å². The second-order valence-corrected chi connectivity index (χ2v) is 8.23. The average molecular weight is 434 g/mol. The van der Waals surface area contributed by atoms with Gasteiger partial charge in [0.25, 0.3) is 5.91 Å². The highest BCUT2D eigenvalue weighted by atomic mass is 32.2. The molecule has 0 N–H and O–H groups in total. The molecule has 1 saturated heterocycles. The Kier molecular flexibility index (Phi) is 6.11. The van der Waals surface area contributed by atoms with Crippen molar-refractivity contribution in [2.24, 2.45) is 4.99 Å². The number of ether oxygens (including phenoxy) is 1. The van der Waals surface area contributed by atoms with Crippen LogP contribution in [0, 0.1) is 0 Å². The van der Waals surface area contributed by atoms with Gasteiger partial charge in [0.1, 0.15) is 12.4 Å². The van der Waals surface area contributed by atoms with Gasteiger partial charge in [-0.05, 0) is 23.9 Å². The number of aliphatic imine (C=N–C) groups is 1. The molecule has 0 radical (unpaired) electrons. The van der Waals surface area contributed by atoms with E-state index < -0.39 is 0 Å². The number of benzene rings is 2. The van der Waals surface area contributed by atoms with Gasteiger partial charge in [0.15, 0.2) is 5.17 Å². The molecule has 1 aliphatic heterocycles. The van der Waals surface area contributed by atoms with E-state index >= 15 is 0 Å². The van der Waals surface area contributed by atoms with E-state index in [1.165, 1.54) is 23.1 Å². The van der Waals surface area contributed by atoms with Crippen LogP contribution in [0.3, 0.4) is 0 Å². The van der Waals surface area contributed by atoms with Gasteiger partial charge in [-0.15, -0.1) is 11.3 Å². The van der Waals surface area contributed by atoms with E-state index in [0.29, 0.717) is 27.6 Å². The number of amidine groups is 1. The number of para-hydroxylation sites is 1. The molecule has 0 spiro atoms. The first-order valence-corrected chi connectivity index (χ1v) is 11.0. The van der Waals surface area contributed by atoms with Gasteiger partial charge in [-0.25, -0.2) is 4.98 Å². The molecule has 2 aromatic carbocycles. The number of carbonyl (C=O) groups excluding carboxylic acids is 1. The lowest BCUT2D eigenvalue weighted by Crippen LogP contribution is -2.23. The Labute approximate surface area is 183 Å². The molecule has 30 heavy (non-hydrogen) atoms. The van der Waals surface area contributed by atoms with E-state index in [1.54, 1.807) is 18.0 Å². The molecule has 1 fully saturated rings. The molecular weight excluding hydrogens is 414 g/mol. The number of aromatic nitrogens is 1. The van der Waals surface area contributed by atoms with E-state index in [4.69, 9.17) is 4.74 Å². The number of rotatable bonds is 6. The van der Waals surface area contributed by atoms with E-state index in [-0.39, 0.29) is 5.91 Å². The van der Waals surface area contributed by atoms with Gasteiger partial charge in [-0.2, -0.15) is 4.99 Å². The molecule has 1 amide bonds. The van der Waals surface area contributed by atoms with Crippen molar-refractivity contribution in [1.29, 1.82) is 0 Å². The molecule has 5 nitrogen and oxygen atoms in total. The molecule has 7 heteroatoms. The molecule has 3 aromatic rings. The van der Waals surface area contributed by atoms with E-state index in [9.17, 15) is 4.79 Å². The van der Waals surface area contributed by atoms with Crippen LogP contribution in [-0.4, -0.2) is 34.6 Å². The fourth-order valence-corrected chi connectivity index (χ4v) is 4.52. The SMILES string of the molecule is C=CCOc1ccccc1/C=C1\S/C(=N/c2nc(-c3ccccc3)cs2)N(C)C1=O. The van der Waals surface area contributed by atoms with Gasteiger partial charge in [0, 0.05) is 23.6 Å². The van der Waals surface area contributed by atoms with Crippen LogP contribution in [0.5, 0.6) is 5.75 Å². The lowest BCUT2D eigenvalue weighted by atomic mass is 10.2. The third-order valence-electron chi connectivity index (χ3n) is 4.32. The average Bonchev–Trinajstić information content (AvgIpc) is 3.35. The Morgan fingerprint density at radius 2 is 1.93 bits per heavy atom. The zero-order valence-corrected chi connectivity index (χ0v) is 18.0. The van der Waals surface area contributed by atoms with Crippen LogP contribution < -0.4 is 4.74 Å². The van der Waals surface area contributed by atoms with Crippen molar-refractivity contribution >= 4 is 45.4 Å². The summed E-state index contributed by atoms with van der Waals surface area (Å²) in [6.45, 7) is 4.08. The highest BCUT2D eigenvalue weighted by Gasteiger charge is 2.31. The maximum Gasteiger partial charge on any atom is 0.266 e. The maximum absolute atomic E-state index is 12.7. The van der Waals surface area contributed by atoms with Crippen LogP contribution in [-0.2, 0) is 4.79 Å². The summed E-state index contributed by atoms with van der Waals surface area (Å²) in [5, 5.41) is 3.19. The molecule has 4 rings (SSSR count). The zero-order valence-electron chi connectivity index (χ0n) is 16.3.